The Hall–Kier alpha value is -2.02. The van der Waals surface area contributed by atoms with E-state index in [1.54, 1.807) is 16.3 Å². The molecular formula is C22H26N4OS. The van der Waals surface area contributed by atoms with Crippen LogP contribution in [0, 0.1) is 5.92 Å². The summed E-state index contributed by atoms with van der Waals surface area (Å²) in [5.41, 5.74) is 3.92. The molecule has 2 aromatic rings. The van der Waals surface area contributed by atoms with E-state index >= 15 is 0 Å². The van der Waals surface area contributed by atoms with Crippen LogP contribution in [-0.2, 0) is 17.8 Å². The number of carbonyl (C=O) groups is 1. The summed E-state index contributed by atoms with van der Waals surface area (Å²) in [4.78, 5) is 18.8. The summed E-state index contributed by atoms with van der Waals surface area (Å²) in [5, 5.41) is 8.72. The first-order chi connectivity index (χ1) is 13.8. The molecule has 1 amide bonds. The van der Waals surface area contributed by atoms with Crippen LogP contribution in [0.3, 0.4) is 0 Å². The molecule has 3 aliphatic rings. The molecule has 0 spiro atoms. The lowest BCUT2D eigenvalue weighted by atomic mass is 9.84. The van der Waals surface area contributed by atoms with Crippen molar-refractivity contribution in [1.82, 2.24) is 14.8 Å². The first-order valence-electron chi connectivity index (χ1n) is 10.2. The maximum atomic E-state index is 12.7. The standard InChI is InChI=1S/C22H26N4OS/c27-20-14-19-7-6-18-8-13-28-22(18)21(19)23-26(20)16-25-11-9-24(10-12-25)15-17-4-2-1-3-5-17/h1-5,8,13,19H,6-7,9-12,14-16H2. The number of piperazine rings is 1. The summed E-state index contributed by atoms with van der Waals surface area (Å²) in [7, 11) is 0. The van der Waals surface area contributed by atoms with E-state index in [1.807, 2.05) is 0 Å². The van der Waals surface area contributed by atoms with Gasteiger partial charge >= 0.3 is 0 Å². The zero-order valence-corrected chi connectivity index (χ0v) is 16.9. The number of fused-ring (bicyclic) bond motifs is 3. The van der Waals surface area contributed by atoms with Crippen LogP contribution in [0.25, 0.3) is 0 Å². The number of hydrogen-bond acceptors (Lipinski definition) is 5. The van der Waals surface area contributed by atoms with E-state index in [0.717, 1.165) is 51.3 Å². The largest absolute Gasteiger partial charge is 0.297 e. The first kappa shape index (κ1) is 18.0. The second-order valence-corrected chi connectivity index (χ2v) is 8.93. The molecule has 1 fully saturated rings. The molecule has 28 heavy (non-hydrogen) atoms. The molecule has 5 nitrogen and oxygen atoms in total. The van der Waals surface area contributed by atoms with Gasteiger partial charge in [0, 0.05) is 45.1 Å². The second-order valence-electron chi connectivity index (χ2n) is 8.01. The number of hydrazone groups is 1. The molecule has 6 heteroatoms. The Balaban J connectivity index is 1.21. The molecule has 1 aromatic carbocycles. The van der Waals surface area contributed by atoms with E-state index in [0.29, 0.717) is 19.0 Å². The smallest absolute Gasteiger partial charge is 0.244 e. The van der Waals surface area contributed by atoms with Gasteiger partial charge in [-0.25, -0.2) is 5.01 Å². The molecule has 1 aromatic heterocycles. The fraction of sp³-hybridized carbons (Fsp3) is 0.455. The highest BCUT2D eigenvalue weighted by Crippen LogP contribution is 2.34. The van der Waals surface area contributed by atoms with Gasteiger partial charge in [-0.3, -0.25) is 14.6 Å². The van der Waals surface area contributed by atoms with Crippen molar-refractivity contribution in [3.8, 4) is 0 Å². The minimum absolute atomic E-state index is 0.181. The van der Waals surface area contributed by atoms with Gasteiger partial charge in [-0.15, -0.1) is 11.3 Å². The topological polar surface area (TPSA) is 39.2 Å². The third kappa shape index (κ3) is 3.64. The summed E-state index contributed by atoms with van der Waals surface area (Å²) in [5.74, 6) is 0.498. The highest BCUT2D eigenvalue weighted by molar-refractivity contribution is 7.12. The van der Waals surface area contributed by atoms with Gasteiger partial charge in [0.15, 0.2) is 0 Å². The number of benzene rings is 1. The van der Waals surface area contributed by atoms with E-state index in [-0.39, 0.29) is 5.91 Å². The lowest BCUT2D eigenvalue weighted by molar-refractivity contribution is -0.135. The SMILES string of the molecule is O=C1CC2CCc3ccsc3C2=NN1CN1CCN(Cc2ccccc2)CC1. The van der Waals surface area contributed by atoms with Crippen molar-refractivity contribution in [3.63, 3.8) is 0 Å². The van der Waals surface area contributed by atoms with Crippen molar-refractivity contribution in [2.75, 3.05) is 32.8 Å². The minimum atomic E-state index is 0.181. The molecule has 0 bridgehead atoms. The molecule has 0 radical (unpaired) electrons. The fourth-order valence-electron chi connectivity index (χ4n) is 4.47. The number of aryl methyl sites for hydroxylation is 1. The molecule has 1 unspecified atom stereocenters. The molecule has 0 saturated carbocycles. The summed E-state index contributed by atoms with van der Waals surface area (Å²) >= 11 is 1.77. The van der Waals surface area contributed by atoms with E-state index < -0.39 is 0 Å². The molecule has 5 rings (SSSR count). The van der Waals surface area contributed by atoms with Crippen molar-refractivity contribution < 1.29 is 4.79 Å². The lowest BCUT2D eigenvalue weighted by Crippen LogP contribution is -2.51. The number of amides is 1. The average Bonchev–Trinajstić information content (AvgIpc) is 3.20. The van der Waals surface area contributed by atoms with Crippen LogP contribution in [0.1, 0.15) is 28.8 Å². The molecule has 2 aliphatic heterocycles. The minimum Gasteiger partial charge on any atom is -0.297 e. The summed E-state index contributed by atoms with van der Waals surface area (Å²) < 4.78 is 0. The van der Waals surface area contributed by atoms with Crippen molar-refractivity contribution >= 4 is 23.0 Å². The monoisotopic (exact) mass is 394 g/mol. The maximum Gasteiger partial charge on any atom is 0.244 e. The number of thiophene rings is 1. The van der Waals surface area contributed by atoms with E-state index in [2.05, 4.69) is 51.6 Å². The van der Waals surface area contributed by atoms with Crippen LogP contribution >= 0.6 is 11.3 Å². The van der Waals surface area contributed by atoms with Crippen LogP contribution in [0.4, 0.5) is 0 Å². The van der Waals surface area contributed by atoms with E-state index in [1.165, 1.54) is 16.0 Å². The van der Waals surface area contributed by atoms with Gasteiger partial charge in [0.2, 0.25) is 5.91 Å². The maximum absolute atomic E-state index is 12.7. The third-order valence-electron chi connectivity index (χ3n) is 6.11. The van der Waals surface area contributed by atoms with Gasteiger partial charge < -0.3 is 0 Å². The average molecular weight is 395 g/mol. The summed E-state index contributed by atoms with van der Waals surface area (Å²) in [6, 6.07) is 12.9. The van der Waals surface area contributed by atoms with Crippen LogP contribution < -0.4 is 0 Å². The van der Waals surface area contributed by atoms with Crippen molar-refractivity contribution in [2.45, 2.75) is 25.8 Å². The van der Waals surface area contributed by atoms with E-state index in [4.69, 9.17) is 5.10 Å². The van der Waals surface area contributed by atoms with Crippen LogP contribution in [-0.4, -0.2) is 59.3 Å². The zero-order chi connectivity index (χ0) is 18.9. The summed E-state index contributed by atoms with van der Waals surface area (Å²) in [6.07, 6.45) is 2.75. The predicted molar refractivity (Wildman–Crippen MR) is 112 cm³/mol. The molecule has 146 valence electrons. The predicted octanol–water partition coefficient (Wildman–Crippen LogP) is 3.02. The van der Waals surface area contributed by atoms with Crippen LogP contribution in [0.5, 0.6) is 0 Å². The highest BCUT2D eigenvalue weighted by Gasteiger charge is 2.35. The van der Waals surface area contributed by atoms with Crippen molar-refractivity contribution in [3.05, 3.63) is 57.8 Å². The number of carbonyl (C=O) groups excluding carboxylic acids is 1. The Bertz CT molecular complexity index is 870. The number of nitrogens with zero attached hydrogens (tertiary/aromatic N) is 4. The van der Waals surface area contributed by atoms with Crippen LogP contribution in [0.2, 0.25) is 0 Å². The Morgan fingerprint density at radius 1 is 1.04 bits per heavy atom. The zero-order valence-electron chi connectivity index (χ0n) is 16.1. The number of rotatable bonds is 4. The normalized spacial score (nSPS) is 23.3. The Morgan fingerprint density at radius 3 is 2.64 bits per heavy atom. The third-order valence-corrected chi connectivity index (χ3v) is 7.09. The fourth-order valence-corrected chi connectivity index (χ4v) is 5.49. The highest BCUT2D eigenvalue weighted by atomic mass is 32.1. The van der Waals surface area contributed by atoms with Crippen molar-refractivity contribution in [1.29, 1.82) is 0 Å². The summed E-state index contributed by atoms with van der Waals surface area (Å²) in [6.45, 7) is 5.65. The van der Waals surface area contributed by atoms with Gasteiger partial charge in [-0.2, -0.15) is 5.10 Å². The van der Waals surface area contributed by atoms with Gasteiger partial charge in [-0.05, 0) is 35.4 Å². The quantitative estimate of drug-likeness (QED) is 0.800. The Kier molecular flexibility index (Phi) is 5.01. The number of hydrogen-bond donors (Lipinski definition) is 0. The van der Waals surface area contributed by atoms with Crippen LogP contribution in [0.15, 0.2) is 46.9 Å². The molecular weight excluding hydrogens is 368 g/mol. The first-order valence-corrected chi connectivity index (χ1v) is 11.1. The molecule has 0 N–H and O–H groups in total. The molecule has 1 saturated heterocycles. The van der Waals surface area contributed by atoms with Gasteiger partial charge in [-0.1, -0.05) is 30.3 Å². The molecule has 1 atom stereocenters. The van der Waals surface area contributed by atoms with Gasteiger partial charge in [0.05, 0.1) is 17.3 Å². The lowest BCUT2D eigenvalue weighted by Gasteiger charge is -2.38. The van der Waals surface area contributed by atoms with Gasteiger partial charge in [0.1, 0.15) is 0 Å². The second kappa shape index (κ2) is 7.78. The van der Waals surface area contributed by atoms with Crippen molar-refractivity contribution in [2.24, 2.45) is 11.0 Å². The van der Waals surface area contributed by atoms with Gasteiger partial charge in [0.25, 0.3) is 0 Å². The molecule has 1 aliphatic carbocycles. The molecule has 3 heterocycles. The van der Waals surface area contributed by atoms with E-state index in [9.17, 15) is 4.79 Å². The Labute approximate surface area is 170 Å². The Morgan fingerprint density at radius 2 is 1.82 bits per heavy atom.